The average Bonchev–Trinajstić information content (AvgIpc) is 2.68. The first-order valence-electron chi connectivity index (χ1n) is 7.25. The standard InChI is InChI=1S/C16H24N2O/c1-3-4-5-8-11-18-14-10-7-6-9-13(14)12-16(18,2)15(17)19/h6-7,9-10H,3-5,8,11-12H2,1-2H3,(H2,17,19). The third-order valence-corrected chi connectivity index (χ3v) is 4.18. The maximum Gasteiger partial charge on any atom is 0.243 e. The summed E-state index contributed by atoms with van der Waals surface area (Å²) in [7, 11) is 0. The van der Waals surface area contributed by atoms with Gasteiger partial charge in [0.25, 0.3) is 0 Å². The van der Waals surface area contributed by atoms with Gasteiger partial charge in [-0.1, -0.05) is 44.4 Å². The number of nitrogens with two attached hydrogens (primary N) is 1. The highest BCUT2D eigenvalue weighted by Crippen LogP contribution is 2.38. The summed E-state index contributed by atoms with van der Waals surface area (Å²) in [6.45, 7) is 5.09. The fraction of sp³-hybridized carbons (Fsp3) is 0.562. The van der Waals surface area contributed by atoms with Gasteiger partial charge in [0.15, 0.2) is 0 Å². The SMILES string of the molecule is CCCCCCN1c2ccccc2CC1(C)C(N)=O. The summed E-state index contributed by atoms with van der Waals surface area (Å²) in [5, 5.41) is 0. The van der Waals surface area contributed by atoms with Crippen LogP contribution in [0, 0.1) is 0 Å². The molecule has 1 aliphatic heterocycles. The lowest BCUT2D eigenvalue weighted by atomic mass is 9.95. The molecule has 1 aromatic carbocycles. The number of anilines is 1. The van der Waals surface area contributed by atoms with Crippen molar-refractivity contribution in [1.29, 1.82) is 0 Å². The summed E-state index contributed by atoms with van der Waals surface area (Å²) >= 11 is 0. The molecule has 1 heterocycles. The molecule has 0 aromatic heterocycles. The third kappa shape index (κ3) is 2.60. The van der Waals surface area contributed by atoms with Gasteiger partial charge in [-0.15, -0.1) is 0 Å². The molecule has 2 N–H and O–H groups in total. The van der Waals surface area contributed by atoms with Crippen molar-refractivity contribution >= 4 is 11.6 Å². The summed E-state index contributed by atoms with van der Waals surface area (Å²) in [4.78, 5) is 14.1. The Kier molecular flexibility index (Phi) is 4.13. The zero-order valence-corrected chi connectivity index (χ0v) is 12.0. The Bertz CT molecular complexity index is 458. The fourth-order valence-electron chi connectivity index (χ4n) is 2.94. The molecular weight excluding hydrogens is 236 g/mol. The number of benzene rings is 1. The second-order valence-electron chi connectivity index (χ2n) is 5.66. The zero-order valence-electron chi connectivity index (χ0n) is 12.0. The predicted octanol–water partition coefficient (Wildman–Crippen LogP) is 2.87. The largest absolute Gasteiger partial charge is 0.368 e. The number of amides is 1. The van der Waals surface area contributed by atoms with Crippen molar-refractivity contribution < 1.29 is 4.79 Å². The molecule has 1 unspecified atom stereocenters. The Hall–Kier alpha value is -1.51. The molecule has 1 aromatic rings. The molecule has 1 aliphatic rings. The van der Waals surface area contributed by atoms with E-state index in [0.717, 1.165) is 19.4 Å². The number of carbonyl (C=O) groups excluding carboxylic acids is 1. The Balaban J connectivity index is 2.17. The number of hydrogen-bond acceptors (Lipinski definition) is 2. The lowest BCUT2D eigenvalue weighted by Crippen LogP contribution is -2.54. The van der Waals surface area contributed by atoms with Crippen molar-refractivity contribution in [3.8, 4) is 0 Å². The highest BCUT2D eigenvalue weighted by atomic mass is 16.1. The maximum absolute atomic E-state index is 11.9. The molecule has 0 aliphatic carbocycles. The van der Waals surface area contributed by atoms with Gasteiger partial charge < -0.3 is 10.6 Å². The molecule has 19 heavy (non-hydrogen) atoms. The van der Waals surface area contributed by atoms with Crippen LogP contribution in [0.5, 0.6) is 0 Å². The van der Waals surface area contributed by atoms with Crippen LogP contribution in [0.25, 0.3) is 0 Å². The fourth-order valence-corrected chi connectivity index (χ4v) is 2.94. The highest BCUT2D eigenvalue weighted by Gasteiger charge is 2.43. The Morgan fingerprint density at radius 1 is 1.32 bits per heavy atom. The Morgan fingerprint density at radius 3 is 2.74 bits per heavy atom. The van der Waals surface area contributed by atoms with Gasteiger partial charge in [-0.25, -0.2) is 0 Å². The molecule has 1 amide bonds. The minimum Gasteiger partial charge on any atom is -0.368 e. The van der Waals surface area contributed by atoms with Gasteiger partial charge in [-0.2, -0.15) is 0 Å². The number of rotatable bonds is 6. The number of primary amides is 1. The van der Waals surface area contributed by atoms with Crippen LogP contribution in [0.4, 0.5) is 5.69 Å². The number of unbranched alkanes of at least 4 members (excludes halogenated alkanes) is 3. The lowest BCUT2D eigenvalue weighted by molar-refractivity contribution is -0.122. The van der Waals surface area contributed by atoms with Crippen molar-refractivity contribution in [3.63, 3.8) is 0 Å². The monoisotopic (exact) mass is 260 g/mol. The van der Waals surface area contributed by atoms with Crippen LogP contribution >= 0.6 is 0 Å². The van der Waals surface area contributed by atoms with Gasteiger partial charge in [-0.05, 0) is 25.0 Å². The molecule has 0 fully saturated rings. The molecule has 0 saturated carbocycles. The molecule has 104 valence electrons. The first-order valence-corrected chi connectivity index (χ1v) is 7.25. The van der Waals surface area contributed by atoms with Crippen LogP contribution in [-0.2, 0) is 11.2 Å². The summed E-state index contributed by atoms with van der Waals surface area (Å²) in [5.41, 5.74) is 7.51. The van der Waals surface area contributed by atoms with Gasteiger partial charge in [0.2, 0.25) is 5.91 Å². The van der Waals surface area contributed by atoms with E-state index < -0.39 is 5.54 Å². The Labute approximate surface area is 115 Å². The Morgan fingerprint density at radius 2 is 2.05 bits per heavy atom. The average molecular weight is 260 g/mol. The van der Waals surface area contributed by atoms with Crippen molar-refractivity contribution in [3.05, 3.63) is 29.8 Å². The van der Waals surface area contributed by atoms with Gasteiger partial charge in [-0.3, -0.25) is 4.79 Å². The van der Waals surface area contributed by atoms with Crippen LogP contribution < -0.4 is 10.6 Å². The van der Waals surface area contributed by atoms with E-state index in [0.29, 0.717) is 0 Å². The second kappa shape index (κ2) is 5.64. The molecule has 0 spiro atoms. The molecule has 0 bridgehead atoms. The molecule has 0 radical (unpaired) electrons. The maximum atomic E-state index is 11.9. The van der Waals surface area contributed by atoms with E-state index in [1.54, 1.807) is 0 Å². The smallest absolute Gasteiger partial charge is 0.243 e. The molecular formula is C16H24N2O. The number of hydrogen-bond donors (Lipinski definition) is 1. The van der Waals surface area contributed by atoms with Crippen LogP contribution in [0.15, 0.2) is 24.3 Å². The summed E-state index contributed by atoms with van der Waals surface area (Å²) in [5.74, 6) is -0.223. The quantitative estimate of drug-likeness (QED) is 0.799. The highest BCUT2D eigenvalue weighted by molar-refractivity contribution is 5.91. The van der Waals surface area contributed by atoms with Crippen molar-refractivity contribution in [2.75, 3.05) is 11.4 Å². The van der Waals surface area contributed by atoms with Crippen molar-refractivity contribution in [1.82, 2.24) is 0 Å². The number of para-hydroxylation sites is 1. The van der Waals surface area contributed by atoms with E-state index in [1.165, 1.54) is 30.5 Å². The van der Waals surface area contributed by atoms with Gasteiger partial charge in [0.1, 0.15) is 5.54 Å². The lowest BCUT2D eigenvalue weighted by Gasteiger charge is -2.34. The van der Waals surface area contributed by atoms with Crippen LogP contribution in [-0.4, -0.2) is 18.0 Å². The molecule has 2 rings (SSSR count). The first kappa shape index (κ1) is 13.9. The van der Waals surface area contributed by atoms with Crippen molar-refractivity contribution in [2.45, 2.75) is 51.5 Å². The zero-order chi connectivity index (χ0) is 13.9. The van der Waals surface area contributed by atoms with E-state index in [-0.39, 0.29) is 5.91 Å². The van der Waals surface area contributed by atoms with E-state index in [1.807, 2.05) is 19.1 Å². The van der Waals surface area contributed by atoms with E-state index in [2.05, 4.69) is 24.0 Å². The second-order valence-corrected chi connectivity index (χ2v) is 5.66. The molecule has 0 saturated heterocycles. The third-order valence-electron chi connectivity index (χ3n) is 4.18. The van der Waals surface area contributed by atoms with Gasteiger partial charge in [0.05, 0.1) is 0 Å². The van der Waals surface area contributed by atoms with Gasteiger partial charge in [0, 0.05) is 18.7 Å². The van der Waals surface area contributed by atoms with Crippen LogP contribution in [0.3, 0.4) is 0 Å². The summed E-state index contributed by atoms with van der Waals surface area (Å²) in [6.07, 6.45) is 5.54. The minimum atomic E-state index is -0.560. The number of fused-ring (bicyclic) bond motifs is 1. The molecule has 3 heteroatoms. The molecule has 1 atom stereocenters. The normalized spacial score (nSPS) is 21.5. The predicted molar refractivity (Wildman–Crippen MR) is 79.2 cm³/mol. The van der Waals surface area contributed by atoms with Gasteiger partial charge >= 0.3 is 0 Å². The number of carbonyl (C=O) groups is 1. The van der Waals surface area contributed by atoms with E-state index >= 15 is 0 Å². The minimum absolute atomic E-state index is 0.223. The summed E-state index contributed by atoms with van der Waals surface area (Å²) in [6, 6.07) is 8.26. The van der Waals surface area contributed by atoms with E-state index in [4.69, 9.17) is 5.73 Å². The summed E-state index contributed by atoms with van der Waals surface area (Å²) < 4.78 is 0. The van der Waals surface area contributed by atoms with Crippen LogP contribution in [0.1, 0.15) is 45.1 Å². The topological polar surface area (TPSA) is 46.3 Å². The van der Waals surface area contributed by atoms with E-state index in [9.17, 15) is 4.79 Å². The molecule has 3 nitrogen and oxygen atoms in total. The van der Waals surface area contributed by atoms with Crippen LogP contribution in [0.2, 0.25) is 0 Å². The first-order chi connectivity index (χ1) is 9.09. The van der Waals surface area contributed by atoms with Crippen molar-refractivity contribution in [2.24, 2.45) is 5.73 Å². The number of nitrogens with zero attached hydrogens (tertiary/aromatic N) is 1.